The molecule has 0 aliphatic rings. The highest BCUT2D eigenvalue weighted by molar-refractivity contribution is 6.42. The number of phenolic OH excluding ortho intramolecular Hbond substituents is 1. The highest BCUT2D eigenvalue weighted by Gasteiger charge is 2.14. The third-order valence-corrected chi connectivity index (χ3v) is 2.07. The van der Waals surface area contributed by atoms with Crippen LogP contribution in [0, 0.1) is 0 Å². The summed E-state index contributed by atoms with van der Waals surface area (Å²) in [7, 11) is 1.52. The van der Waals surface area contributed by atoms with Gasteiger partial charge >= 0.3 is 5.97 Å². The molecule has 0 aliphatic carbocycles. The van der Waals surface area contributed by atoms with Crippen molar-refractivity contribution >= 4 is 11.7 Å². The molecule has 98 valence electrons. The molecule has 0 radical (unpaired) electrons. The summed E-state index contributed by atoms with van der Waals surface area (Å²) in [6.45, 7) is 2.02. The molecule has 1 aromatic rings. The number of nitrogens with zero attached hydrogens (tertiary/aromatic N) is 1. The SMILES string of the molecule is COCC(C)O/N=C(/C(=O)O)c1ccc(O)cc1. The Kier molecular flexibility index (Phi) is 5.13. The predicted molar refractivity (Wildman–Crippen MR) is 64.7 cm³/mol. The van der Waals surface area contributed by atoms with Gasteiger partial charge in [0, 0.05) is 12.7 Å². The van der Waals surface area contributed by atoms with Crippen LogP contribution in [0.2, 0.25) is 0 Å². The van der Waals surface area contributed by atoms with Crippen molar-refractivity contribution in [2.24, 2.45) is 5.16 Å². The van der Waals surface area contributed by atoms with Crippen LogP contribution >= 0.6 is 0 Å². The normalized spacial score (nSPS) is 13.1. The Hall–Kier alpha value is -2.08. The van der Waals surface area contributed by atoms with Crippen molar-refractivity contribution in [3.8, 4) is 5.75 Å². The number of benzene rings is 1. The van der Waals surface area contributed by atoms with E-state index in [4.69, 9.17) is 19.8 Å². The largest absolute Gasteiger partial charge is 0.508 e. The summed E-state index contributed by atoms with van der Waals surface area (Å²) in [4.78, 5) is 16.1. The molecule has 18 heavy (non-hydrogen) atoms. The lowest BCUT2D eigenvalue weighted by atomic mass is 10.1. The molecule has 1 aromatic carbocycles. The fourth-order valence-electron chi connectivity index (χ4n) is 1.24. The predicted octanol–water partition coefficient (Wildman–Crippen LogP) is 1.23. The Balaban J connectivity index is 2.86. The summed E-state index contributed by atoms with van der Waals surface area (Å²) in [6, 6.07) is 5.66. The Morgan fingerprint density at radius 2 is 2.00 bits per heavy atom. The lowest BCUT2D eigenvalue weighted by Gasteiger charge is -2.09. The second-order valence-electron chi connectivity index (χ2n) is 3.66. The molecule has 0 spiro atoms. The maximum Gasteiger partial charge on any atom is 0.358 e. The number of carbonyl (C=O) groups is 1. The molecule has 1 atom stereocenters. The maximum atomic E-state index is 11.1. The third-order valence-electron chi connectivity index (χ3n) is 2.07. The monoisotopic (exact) mass is 253 g/mol. The molecule has 0 saturated heterocycles. The van der Waals surface area contributed by atoms with Gasteiger partial charge in [0.2, 0.25) is 0 Å². The Morgan fingerprint density at radius 1 is 1.39 bits per heavy atom. The number of carboxylic acids is 1. The number of hydrogen-bond donors (Lipinski definition) is 2. The summed E-state index contributed by atoms with van der Waals surface area (Å²) in [5, 5.41) is 21.8. The average molecular weight is 253 g/mol. The van der Waals surface area contributed by atoms with Gasteiger partial charge in [0.25, 0.3) is 0 Å². The number of aromatic hydroxyl groups is 1. The summed E-state index contributed by atoms with van der Waals surface area (Å²) in [6.07, 6.45) is -0.346. The number of ether oxygens (including phenoxy) is 1. The summed E-state index contributed by atoms with van der Waals surface area (Å²) < 4.78 is 4.84. The van der Waals surface area contributed by atoms with Crippen LogP contribution in [-0.4, -0.2) is 41.7 Å². The molecule has 1 rings (SSSR count). The van der Waals surface area contributed by atoms with E-state index in [1.54, 1.807) is 6.92 Å². The molecule has 6 heteroatoms. The Morgan fingerprint density at radius 3 is 2.50 bits per heavy atom. The van der Waals surface area contributed by atoms with Gasteiger partial charge in [-0.15, -0.1) is 0 Å². The van der Waals surface area contributed by atoms with Crippen molar-refractivity contribution in [2.75, 3.05) is 13.7 Å². The van der Waals surface area contributed by atoms with E-state index in [2.05, 4.69) is 5.16 Å². The molecule has 0 saturated carbocycles. The van der Waals surface area contributed by atoms with Crippen molar-refractivity contribution in [1.29, 1.82) is 0 Å². The molecule has 0 amide bonds. The number of phenols is 1. The molecular weight excluding hydrogens is 238 g/mol. The van der Waals surface area contributed by atoms with Crippen LogP contribution < -0.4 is 0 Å². The second kappa shape index (κ2) is 6.61. The zero-order valence-corrected chi connectivity index (χ0v) is 10.2. The first kappa shape index (κ1) is 14.0. The zero-order chi connectivity index (χ0) is 13.5. The number of rotatable bonds is 6. The molecule has 6 nitrogen and oxygen atoms in total. The van der Waals surface area contributed by atoms with Crippen molar-refractivity contribution in [3.63, 3.8) is 0 Å². The van der Waals surface area contributed by atoms with E-state index in [9.17, 15) is 4.79 Å². The van der Waals surface area contributed by atoms with Crippen LogP contribution in [-0.2, 0) is 14.4 Å². The van der Waals surface area contributed by atoms with Gasteiger partial charge in [-0.3, -0.25) is 0 Å². The first-order valence-electron chi connectivity index (χ1n) is 5.30. The van der Waals surface area contributed by atoms with Gasteiger partial charge in [-0.05, 0) is 31.2 Å². The molecule has 0 fully saturated rings. The molecule has 0 heterocycles. The van der Waals surface area contributed by atoms with E-state index in [0.717, 1.165) is 0 Å². The summed E-state index contributed by atoms with van der Waals surface area (Å²) in [5.74, 6) is -1.15. The van der Waals surface area contributed by atoms with Crippen molar-refractivity contribution in [3.05, 3.63) is 29.8 Å². The van der Waals surface area contributed by atoms with Gasteiger partial charge < -0.3 is 19.8 Å². The number of hydrogen-bond acceptors (Lipinski definition) is 5. The molecule has 1 unspecified atom stereocenters. The van der Waals surface area contributed by atoms with Gasteiger partial charge in [-0.1, -0.05) is 5.16 Å². The van der Waals surface area contributed by atoms with Crippen LogP contribution in [0.3, 0.4) is 0 Å². The Bertz CT molecular complexity index is 427. The van der Waals surface area contributed by atoms with Gasteiger partial charge in [0.1, 0.15) is 11.9 Å². The van der Waals surface area contributed by atoms with E-state index in [-0.39, 0.29) is 17.6 Å². The van der Waals surface area contributed by atoms with Gasteiger partial charge in [-0.2, -0.15) is 0 Å². The molecule has 2 N–H and O–H groups in total. The minimum Gasteiger partial charge on any atom is -0.508 e. The molecule has 0 aromatic heterocycles. The van der Waals surface area contributed by atoms with Crippen LogP contribution in [0.1, 0.15) is 12.5 Å². The number of carboxylic acid groups (broad SMARTS) is 1. The highest BCUT2D eigenvalue weighted by atomic mass is 16.6. The van der Waals surface area contributed by atoms with Crippen molar-refractivity contribution in [2.45, 2.75) is 13.0 Å². The number of oxime groups is 1. The minimum absolute atomic E-state index is 0.0529. The molecule has 0 aliphatic heterocycles. The van der Waals surface area contributed by atoms with Gasteiger partial charge in [0.05, 0.1) is 6.61 Å². The maximum absolute atomic E-state index is 11.1. The van der Waals surface area contributed by atoms with Crippen molar-refractivity contribution < 1.29 is 24.6 Å². The second-order valence-corrected chi connectivity index (χ2v) is 3.66. The lowest BCUT2D eigenvalue weighted by Crippen LogP contribution is -2.18. The van der Waals surface area contributed by atoms with E-state index in [0.29, 0.717) is 12.2 Å². The van der Waals surface area contributed by atoms with E-state index in [1.165, 1.54) is 31.4 Å². The standard InChI is InChI=1S/C12H15NO5/c1-8(7-17-2)18-13-11(12(15)16)9-3-5-10(14)6-4-9/h3-6,8,14H,7H2,1-2H3,(H,15,16)/b13-11+. The van der Waals surface area contributed by atoms with Crippen molar-refractivity contribution in [1.82, 2.24) is 0 Å². The fourth-order valence-corrected chi connectivity index (χ4v) is 1.24. The lowest BCUT2D eigenvalue weighted by molar-refractivity contribution is -0.129. The van der Waals surface area contributed by atoms with Gasteiger partial charge in [-0.25, -0.2) is 4.79 Å². The summed E-state index contributed by atoms with van der Waals surface area (Å²) in [5.41, 5.74) is 0.128. The average Bonchev–Trinajstić information content (AvgIpc) is 2.31. The first-order valence-corrected chi connectivity index (χ1v) is 5.30. The fraction of sp³-hybridized carbons (Fsp3) is 0.333. The quantitative estimate of drug-likeness (QED) is 0.588. The van der Waals surface area contributed by atoms with Crippen LogP contribution in [0.25, 0.3) is 0 Å². The number of aliphatic carboxylic acids is 1. The summed E-state index contributed by atoms with van der Waals surface area (Å²) >= 11 is 0. The highest BCUT2D eigenvalue weighted by Crippen LogP contribution is 2.11. The number of methoxy groups -OCH3 is 1. The Labute approximate surface area is 104 Å². The molecular formula is C12H15NO5. The van der Waals surface area contributed by atoms with E-state index >= 15 is 0 Å². The minimum atomic E-state index is -1.20. The van der Waals surface area contributed by atoms with Crippen LogP contribution in [0.4, 0.5) is 0 Å². The zero-order valence-electron chi connectivity index (χ0n) is 10.2. The van der Waals surface area contributed by atoms with E-state index in [1.807, 2.05) is 0 Å². The first-order chi connectivity index (χ1) is 8.54. The van der Waals surface area contributed by atoms with Crippen LogP contribution in [0.15, 0.2) is 29.4 Å². The van der Waals surface area contributed by atoms with Gasteiger partial charge in [0.15, 0.2) is 5.71 Å². The smallest absolute Gasteiger partial charge is 0.358 e. The third kappa shape index (κ3) is 4.06. The molecule has 0 bridgehead atoms. The van der Waals surface area contributed by atoms with Crippen LogP contribution in [0.5, 0.6) is 5.75 Å². The van der Waals surface area contributed by atoms with E-state index < -0.39 is 5.97 Å². The topological polar surface area (TPSA) is 88.4 Å².